The van der Waals surface area contributed by atoms with Gasteiger partial charge in [0.15, 0.2) is 0 Å². The van der Waals surface area contributed by atoms with Crippen LogP contribution in [0.2, 0.25) is 0 Å². The van der Waals surface area contributed by atoms with Crippen LogP contribution < -0.4 is 5.32 Å². The highest BCUT2D eigenvalue weighted by atomic mass is 16.6. The summed E-state index contributed by atoms with van der Waals surface area (Å²) >= 11 is 0. The SMILES string of the molecule is CCn1nc(C)c([N+](=O)[O-])c1NCCCC(C)C(=O)O. The first-order chi connectivity index (χ1) is 9.38. The normalized spacial score (nSPS) is 12.2. The molecule has 0 aromatic carbocycles. The maximum absolute atomic E-state index is 11.0. The quantitative estimate of drug-likeness (QED) is 0.429. The highest BCUT2D eigenvalue weighted by molar-refractivity contribution is 5.69. The lowest BCUT2D eigenvalue weighted by Gasteiger charge is -2.09. The van der Waals surface area contributed by atoms with E-state index in [0.717, 1.165) is 0 Å². The Balaban J connectivity index is 2.67. The summed E-state index contributed by atoms with van der Waals surface area (Å²) in [6.45, 7) is 6.10. The molecule has 0 spiro atoms. The van der Waals surface area contributed by atoms with Crippen LogP contribution in [0, 0.1) is 23.0 Å². The second-order valence-corrected chi connectivity index (χ2v) is 4.66. The molecular formula is C12H20N4O4. The summed E-state index contributed by atoms with van der Waals surface area (Å²) < 4.78 is 1.55. The number of hydrogen-bond donors (Lipinski definition) is 2. The zero-order chi connectivity index (χ0) is 15.3. The van der Waals surface area contributed by atoms with Crippen molar-refractivity contribution in [3.8, 4) is 0 Å². The minimum atomic E-state index is -0.828. The summed E-state index contributed by atoms with van der Waals surface area (Å²) in [7, 11) is 0. The number of carboxylic acid groups (broad SMARTS) is 1. The maximum Gasteiger partial charge on any atom is 0.333 e. The Morgan fingerprint density at radius 2 is 2.25 bits per heavy atom. The average molecular weight is 284 g/mol. The molecule has 112 valence electrons. The second-order valence-electron chi connectivity index (χ2n) is 4.66. The van der Waals surface area contributed by atoms with Crippen molar-refractivity contribution in [2.24, 2.45) is 5.92 Å². The first-order valence-electron chi connectivity index (χ1n) is 6.56. The zero-order valence-electron chi connectivity index (χ0n) is 11.9. The Labute approximate surface area is 116 Å². The minimum absolute atomic E-state index is 0.0156. The molecule has 0 amide bonds. The van der Waals surface area contributed by atoms with E-state index in [1.807, 2.05) is 6.92 Å². The highest BCUT2D eigenvalue weighted by Gasteiger charge is 2.24. The Kier molecular flexibility index (Phi) is 5.48. The van der Waals surface area contributed by atoms with Crippen LogP contribution in [-0.4, -0.2) is 32.3 Å². The van der Waals surface area contributed by atoms with Crippen LogP contribution in [0.3, 0.4) is 0 Å². The molecule has 0 aliphatic heterocycles. The predicted molar refractivity (Wildman–Crippen MR) is 73.8 cm³/mol. The van der Waals surface area contributed by atoms with E-state index in [9.17, 15) is 14.9 Å². The van der Waals surface area contributed by atoms with Gasteiger partial charge in [-0.3, -0.25) is 14.9 Å². The third-order valence-electron chi connectivity index (χ3n) is 3.11. The Morgan fingerprint density at radius 1 is 1.60 bits per heavy atom. The van der Waals surface area contributed by atoms with Crippen molar-refractivity contribution in [1.29, 1.82) is 0 Å². The fraction of sp³-hybridized carbons (Fsp3) is 0.667. The van der Waals surface area contributed by atoms with Gasteiger partial charge >= 0.3 is 11.7 Å². The van der Waals surface area contributed by atoms with Crippen LogP contribution in [0.15, 0.2) is 0 Å². The third kappa shape index (κ3) is 3.69. The molecule has 0 aliphatic rings. The number of aliphatic carboxylic acids is 1. The van der Waals surface area contributed by atoms with E-state index >= 15 is 0 Å². The zero-order valence-corrected chi connectivity index (χ0v) is 11.9. The van der Waals surface area contributed by atoms with E-state index in [4.69, 9.17) is 5.11 Å². The molecule has 1 aromatic heterocycles. The van der Waals surface area contributed by atoms with Crippen molar-refractivity contribution < 1.29 is 14.8 Å². The molecule has 0 aliphatic carbocycles. The molecule has 8 nitrogen and oxygen atoms in total. The lowest BCUT2D eigenvalue weighted by atomic mass is 10.1. The molecule has 20 heavy (non-hydrogen) atoms. The first-order valence-corrected chi connectivity index (χ1v) is 6.56. The van der Waals surface area contributed by atoms with Crippen molar-refractivity contribution in [3.63, 3.8) is 0 Å². The van der Waals surface area contributed by atoms with Gasteiger partial charge in [-0.05, 0) is 26.7 Å². The number of rotatable bonds is 8. The van der Waals surface area contributed by atoms with Gasteiger partial charge < -0.3 is 10.4 Å². The molecule has 1 aromatic rings. The van der Waals surface area contributed by atoms with Gasteiger partial charge in [0.1, 0.15) is 5.69 Å². The van der Waals surface area contributed by atoms with Gasteiger partial charge in [0.05, 0.1) is 10.8 Å². The van der Waals surface area contributed by atoms with Gasteiger partial charge in [-0.25, -0.2) is 4.68 Å². The average Bonchev–Trinajstić information content (AvgIpc) is 2.70. The van der Waals surface area contributed by atoms with Gasteiger partial charge in [-0.2, -0.15) is 5.10 Å². The molecule has 0 radical (unpaired) electrons. The molecule has 0 saturated heterocycles. The fourth-order valence-electron chi connectivity index (χ4n) is 1.93. The lowest BCUT2D eigenvalue weighted by Crippen LogP contribution is -2.13. The van der Waals surface area contributed by atoms with Gasteiger partial charge in [0.25, 0.3) is 0 Å². The van der Waals surface area contributed by atoms with Crippen LogP contribution in [0.1, 0.15) is 32.4 Å². The monoisotopic (exact) mass is 284 g/mol. The number of hydrogen-bond acceptors (Lipinski definition) is 5. The van der Waals surface area contributed by atoms with Gasteiger partial charge in [0, 0.05) is 13.1 Å². The minimum Gasteiger partial charge on any atom is -0.481 e. The summed E-state index contributed by atoms with van der Waals surface area (Å²) in [6.07, 6.45) is 1.15. The van der Waals surface area contributed by atoms with Crippen molar-refractivity contribution in [1.82, 2.24) is 9.78 Å². The second kappa shape index (κ2) is 6.88. The van der Waals surface area contributed by atoms with Crippen LogP contribution in [0.4, 0.5) is 11.5 Å². The maximum atomic E-state index is 11.0. The largest absolute Gasteiger partial charge is 0.481 e. The van der Waals surface area contributed by atoms with Crippen LogP contribution in [-0.2, 0) is 11.3 Å². The van der Waals surface area contributed by atoms with Crippen molar-refractivity contribution in [2.75, 3.05) is 11.9 Å². The molecule has 1 rings (SSSR count). The predicted octanol–water partition coefficient (Wildman–Crippen LogP) is 2.03. The number of carboxylic acids is 1. The fourth-order valence-corrected chi connectivity index (χ4v) is 1.93. The van der Waals surface area contributed by atoms with Gasteiger partial charge in [0.2, 0.25) is 5.82 Å². The summed E-state index contributed by atoms with van der Waals surface area (Å²) in [4.78, 5) is 21.3. The number of nitro groups is 1. The van der Waals surface area contributed by atoms with Crippen molar-refractivity contribution >= 4 is 17.5 Å². The van der Waals surface area contributed by atoms with Crippen molar-refractivity contribution in [2.45, 2.75) is 40.2 Å². The molecule has 2 N–H and O–H groups in total. The molecule has 1 unspecified atom stereocenters. The Hall–Kier alpha value is -2.12. The topological polar surface area (TPSA) is 110 Å². The number of aryl methyl sites for hydroxylation is 2. The van der Waals surface area contributed by atoms with Gasteiger partial charge in [-0.15, -0.1) is 0 Å². The van der Waals surface area contributed by atoms with Crippen LogP contribution in [0.25, 0.3) is 0 Å². The molecule has 1 atom stereocenters. The number of aromatic nitrogens is 2. The van der Waals surface area contributed by atoms with E-state index in [2.05, 4.69) is 10.4 Å². The number of nitrogens with zero attached hydrogens (tertiary/aromatic N) is 3. The smallest absolute Gasteiger partial charge is 0.333 e. The van der Waals surface area contributed by atoms with E-state index in [1.54, 1.807) is 18.5 Å². The van der Waals surface area contributed by atoms with Crippen LogP contribution in [0.5, 0.6) is 0 Å². The standard InChI is InChI=1S/C12H20N4O4/c1-4-15-11(10(16(19)20)9(3)14-15)13-7-5-6-8(2)12(17)18/h8,13H,4-7H2,1-3H3,(H,17,18). The Morgan fingerprint density at radius 3 is 2.75 bits per heavy atom. The van der Waals surface area contributed by atoms with E-state index in [0.29, 0.717) is 37.4 Å². The molecule has 0 saturated carbocycles. The lowest BCUT2D eigenvalue weighted by molar-refractivity contribution is -0.384. The number of nitrogens with one attached hydrogen (secondary N) is 1. The summed E-state index contributed by atoms with van der Waals surface area (Å²) in [5.41, 5.74) is 0.358. The summed E-state index contributed by atoms with van der Waals surface area (Å²) in [6, 6.07) is 0. The van der Waals surface area contributed by atoms with Gasteiger partial charge in [-0.1, -0.05) is 6.92 Å². The molecule has 0 bridgehead atoms. The molecule has 8 heteroatoms. The number of anilines is 1. The van der Waals surface area contributed by atoms with E-state index in [-0.39, 0.29) is 5.69 Å². The highest BCUT2D eigenvalue weighted by Crippen LogP contribution is 2.28. The molecule has 0 fully saturated rings. The number of carbonyl (C=O) groups is 1. The van der Waals surface area contributed by atoms with E-state index in [1.165, 1.54) is 0 Å². The third-order valence-corrected chi connectivity index (χ3v) is 3.11. The molecule has 1 heterocycles. The Bertz CT molecular complexity index is 498. The van der Waals surface area contributed by atoms with E-state index < -0.39 is 16.8 Å². The summed E-state index contributed by atoms with van der Waals surface area (Å²) in [5.74, 6) is -0.854. The van der Waals surface area contributed by atoms with Crippen molar-refractivity contribution in [3.05, 3.63) is 15.8 Å². The summed E-state index contributed by atoms with van der Waals surface area (Å²) in [5, 5.41) is 26.9. The molecular weight excluding hydrogens is 264 g/mol. The first kappa shape index (κ1) is 15.9. The van der Waals surface area contributed by atoms with Crippen LogP contribution >= 0.6 is 0 Å².